The van der Waals surface area contributed by atoms with Gasteiger partial charge in [-0.05, 0) is 42.5 Å². The minimum absolute atomic E-state index is 0.0285. The van der Waals surface area contributed by atoms with E-state index in [1.54, 1.807) is 0 Å². The number of hydrogen-bond donors (Lipinski definition) is 0. The highest BCUT2D eigenvalue weighted by Crippen LogP contribution is 2.33. The highest BCUT2D eigenvalue weighted by Gasteiger charge is 2.15. The molecule has 0 aliphatic heterocycles. The third-order valence-corrected chi connectivity index (χ3v) is 7.43. The molecule has 2 heteroatoms. The summed E-state index contributed by atoms with van der Waals surface area (Å²) in [6.45, 7) is 4.61. The van der Waals surface area contributed by atoms with Gasteiger partial charge in [-0.3, -0.25) is 0 Å². The quantitative estimate of drug-likeness (QED) is 0.641. The summed E-state index contributed by atoms with van der Waals surface area (Å²) in [6, 6.07) is 31.0. The van der Waals surface area contributed by atoms with Crippen LogP contribution in [0.15, 0.2) is 84.9 Å². The van der Waals surface area contributed by atoms with Crippen LogP contribution in [0.5, 0.6) is 0 Å². The number of benzene rings is 3. The van der Waals surface area contributed by atoms with E-state index in [2.05, 4.69) is 98.3 Å². The van der Waals surface area contributed by atoms with E-state index in [0.717, 1.165) is 0 Å². The molecule has 0 amide bonds. The Hall–Kier alpha value is -1.48. The van der Waals surface area contributed by atoms with Crippen molar-refractivity contribution in [1.82, 2.24) is 0 Å². The Labute approximate surface area is 135 Å². The Morgan fingerprint density at radius 3 is 1.23 bits per heavy atom. The fraction of sp³-hybridized carbons (Fsp3) is 0.100. The second-order valence-corrected chi connectivity index (χ2v) is 9.94. The molecule has 0 fully saturated rings. The Morgan fingerprint density at radius 2 is 0.818 bits per heavy atom. The second kappa shape index (κ2) is 7.19. The summed E-state index contributed by atoms with van der Waals surface area (Å²) in [5.74, 6) is 0. The lowest BCUT2D eigenvalue weighted by atomic mass is 10.3. The lowest BCUT2D eigenvalue weighted by Crippen LogP contribution is -2.21. The van der Waals surface area contributed by atoms with Crippen molar-refractivity contribution in [2.24, 2.45) is 0 Å². The second-order valence-electron chi connectivity index (χ2n) is 5.42. The van der Waals surface area contributed by atoms with Crippen molar-refractivity contribution in [1.29, 1.82) is 0 Å². The first-order chi connectivity index (χ1) is 10.8. The lowest BCUT2D eigenvalue weighted by Gasteiger charge is -2.20. The van der Waals surface area contributed by atoms with E-state index in [0.29, 0.717) is 0 Å². The normalized spacial score (nSPS) is 11.1. The van der Waals surface area contributed by atoms with E-state index >= 15 is 0 Å². The Morgan fingerprint density at radius 1 is 0.455 bits per heavy atom. The van der Waals surface area contributed by atoms with E-state index in [9.17, 15) is 0 Å². The van der Waals surface area contributed by atoms with E-state index in [1.807, 2.05) is 0 Å². The van der Waals surface area contributed by atoms with E-state index in [4.69, 9.17) is 0 Å². The van der Waals surface area contributed by atoms with Crippen molar-refractivity contribution in [2.75, 3.05) is 13.3 Å². The zero-order valence-electron chi connectivity index (χ0n) is 13.0. The Bertz CT molecular complexity index is 664. The molecule has 22 heavy (non-hydrogen) atoms. The minimum atomic E-state index is -0.470. The molecule has 0 spiro atoms. The molecule has 3 aromatic carbocycles. The molecule has 3 aromatic rings. The average Bonchev–Trinajstić information content (AvgIpc) is 2.57. The van der Waals surface area contributed by atoms with Gasteiger partial charge in [-0.25, -0.2) is 0 Å². The summed E-state index contributed by atoms with van der Waals surface area (Å²) in [5.41, 5.74) is 0. The van der Waals surface area contributed by atoms with Crippen LogP contribution in [0.3, 0.4) is 0 Å². The van der Waals surface area contributed by atoms with Gasteiger partial charge in [0.15, 0.2) is 0 Å². The van der Waals surface area contributed by atoms with Gasteiger partial charge in [0.2, 0.25) is 0 Å². The summed E-state index contributed by atoms with van der Waals surface area (Å²) < 4.78 is 0. The van der Waals surface area contributed by atoms with Crippen LogP contribution in [0.2, 0.25) is 0 Å². The fourth-order valence-corrected chi connectivity index (χ4v) is 5.53. The van der Waals surface area contributed by atoms with Gasteiger partial charge in [-0.2, -0.15) is 0 Å². The molecular formula is C20H20P2. The molecule has 0 unspecified atom stereocenters. The third kappa shape index (κ3) is 3.46. The molecule has 0 aliphatic rings. The van der Waals surface area contributed by atoms with Gasteiger partial charge < -0.3 is 0 Å². The molecule has 0 atom stereocenters. The van der Waals surface area contributed by atoms with Crippen LogP contribution in [0.1, 0.15) is 0 Å². The van der Waals surface area contributed by atoms with Gasteiger partial charge in [0.05, 0.1) is 0 Å². The SMILES string of the molecule is CP(C)c1ccc(P(c2ccccc2)c2ccccc2)cc1. The standard InChI is InChI=1S/C20H20P2/c1-21(2)17-13-15-20(16-14-17)22(18-9-5-3-6-10-18)19-11-7-4-8-12-19/h3-16H,1-2H3. The maximum absolute atomic E-state index is 2.32. The van der Waals surface area contributed by atoms with Crippen LogP contribution < -0.4 is 21.2 Å². The van der Waals surface area contributed by atoms with Gasteiger partial charge in [0.25, 0.3) is 0 Å². The van der Waals surface area contributed by atoms with Crippen molar-refractivity contribution in [3.63, 3.8) is 0 Å². The van der Waals surface area contributed by atoms with Crippen LogP contribution >= 0.6 is 15.8 Å². The summed E-state index contributed by atoms with van der Waals surface area (Å²) in [7, 11) is -0.499. The molecule has 110 valence electrons. The first-order valence-electron chi connectivity index (χ1n) is 7.43. The first-order valence-corrected chi connectivity index (χ1v) is 11.0. The van der Waals surface area contributed by atoms with Crippen molar-refractivity contribution in [3.8, 4) is 0 Å². The molecule has 0 aliphatic carbocycles. The fourth-order valence-electron chi connectivity index (χ4n) is 2.50. The van der Waals surface area contributed by atoms with Gasteiger partial charge in [-0.1, -0.05) is 92.9 Å². The van der Waals surface area contributed by atoms with E-state index in [1.165, 1.54) is 21.2 Å². The molecule has 0 nitrogen and oxygen atoms in total. The molecule has 0 heterocycles. The van der Waals surface area contributed by atoms with Gasteiger partial charge in [-0.15, -0.1) is 0 Å². The Balaban J connectivity index is 2.06. The van der Waals surface area contributed by atoms with Crippen LogP contribution in [0.25, 0.3) is 0 Å². The predicted molar refractivity (Wildman–Crippen MR) is 104 cm³/mol. The number of hydrogen-bond acceptors (Lipinski definition) is 0. The molecular weight excluding hydrogens is 302 g/mol. The third-order valence-electron chi connectivity index (χ3n) is 3.65. The van der Waals surface area contributed by atoms with Crippen molar-refractivity contribution < 1.29 is 0 Å². The molecule has 0 bridgehead atoms. The Kier molecular flexibility index (Phi) is 5.04. The molecule has 0 radical (unpaired) electrons. The molecule has 0 aromatic heterocycles. The lowest BCUT2D eigenvalue weighted by molar-refractivity contribution is 1.75. The van der Waals surface area contributed by atoms with Gasteiger partial charge in [0.1, 0.15) is 0 Å². The van der Waals surface area contributed by atoms with Crippen molar-refractivity contribution >= 4 is 37.1 Å². The van der Waals surface area contributed by atoms with E-state index < -0.39 is 7.92 Å². The van der Waals surface area contributed by atoms with Crippen molar-refractivity contribution in [3.05, 3.63) is 84.9 Å². The monoisotopic (exact) mass is 322 g/mol. The van der Waals surface area contributed by atoms with Gasteiger partial charge >= 0.3 is 0 Å². The molecule has 0 saturated heterocycles. The van der Waals surface area contributed by atoms with Crippen molar-refractivity contribution in [2.45, 2.75) is 0 Å². The van der Waals surface area contributed by atoms with Crippen LogP contribution in [-0.2, 0) is 0 Å². The zero-order valence-corrected chi connectivity index (χ0v) is 14.8. The topological polar surface area (TPSA) is 0 Å². The summed E-state index contributed by atoms with van der Waals surface area (Å²) >= 11 is 0. The largest absolute Gasteiger partial charge is 0.0817 e. The van der Waals surface area contributed by atoms with Gasteiger partial charge in [0, 0.05) is 0 Å². The predicted octanol–water partition coefficient (Wildman–Crippen LogP) is 3.81. The maximum Gasteiger partial charge on any atom is -0.0134 e. The zero-order chi connectivity index (χ0) is 15.4. The highest BCUT2D eigenvalue weighted by atomic mass is 31.1. The molecule has 3 rings (SSSR count). The molecule has 0 N–H and O–H groups in total. The van der Waals surface area contributed by atoms with Crippen LogP contribution in [-0.4, -0.2) is 13.3 Å². The summed E-state index contributed by atoms with van der Waals surface area (Å²) in [6.07, 6.45) is 0. The number of rotatable bonds is 4. The maximum atomic E-state index is 2.32. The summed E-state index contributed by atoms with van der Waals surface area (Å²) in [4.78, 5) is 0. The average molecular weight is 322 g/mol. The van der Waals surface area contributed by atoms with E-state index in [-0.39, 0.29) is 7.92 Å². The minimum Gasteiger partial charge on any atom is -0.0817 e. The summed E-state index contributed by atoms with van der Waals surface area (Å²) in [5, 5.41) is 5.71. The smallest absolute Gasteiger partial charge is 0.0134 e. The highest BCUT2D eigenvalue weighted by molar-refractivity contribution is 7.79. The van der Waals surface area contributed by atoms with Crippen LogP contribution in [0, 0.1) is 0 Å². The van der Waals surface area contributed by atoms with Crippen LogP contribution in [0.4, 0.5) is 0 Å². The first kappa shape index (κ1) is 15.4. The molecule has 0 saturated carbocycles.